The van der Waals surface area contributed by atoms with Crippen LogP contribution in [-0.4, -0.2) is 49.8 Å². The lowest BCUT2D eigenvalue weighted by molar-refractivity contribution is 0.0928. The van der Waals surface area contributed by atoms with Crippen LogP contribution in [0.3, 0.4) is 0 Å². The molecule has 0 spiro atoms. The van der Waals surface area contributed by atoms with Crippen LogP contribution in [0.5, 0.6) is 0 Å². The van der Waals surface area contributed by atoms with Gasteiger partial charge < -0.3 is 10.6 Å². The van der Waals surface area contributed by atoms with Crippen molar-refractivity contribution < 1.29 is 13.2 Å². The first-order chi connectivity index (χ1) is 12.4. The second kappa shape index (κ2) is 7.22. The fourth-order valence-electron chi connectivity index (χ4n) is 4.36. The van der Waals surface area contributed by atoms with Crippen molar-refractivity contribution in [2.75, 3.05) is 13.1 Å². The Morgan fingerprint density at radius 2 is 1.81 bits per heavy atom. The summed E-state index contributed by atoms with van der Waals surface area (Å²) in [6, 6.07) is 4.44. The molecule has 2 atom stereocenters. The quantitative estimate of drug-likeness (QED) is 0.816. The molecule has 0 aromatic carbocycles. The molecule has 1 aromatic rings. The van der Waals surface area contributed by atoms with Gasteiger partial charge in [0.2, 0.25) is 0 Å². The van der Waals surface area contributed by atoms with Crippen molar-refractivity contribution in [3.63, 3.8) is 0 Å². The van der Waals surface area contributed by atoms with Gasteiger partial charge in [-0.15, -0.1) is 11.3 Å². The second-order valence-corrected chi connectivity index (χ2v) is 11.2. The molecule has 2 bridgehead atoms. The van der Waals surface area contributed by atoms with E-state index in [1.807, 2.05) is 0 Å². The molecule has 3 aliphatic heterocycles. The number of nitrogens with one attached hydrogen (secondary N) is 2. The number of sulfonamides is 1. The van der Waals surface area contributed by atoms with Gasteiger partial charge in [0.05, 0.1) is 4.88 Å². The smallest absolute Gasteiger partial charge is 0.261 e. The van der Waals surface area contributed by atoms with Crippen LogP contribution in [0.25, 0.3) is 0 Å². The number of carbonyl (C=O) groups is 1. The standard InChI is InChI=1S/C18H27N3O3S2/c1-12-6-8-21(9-7-12)26(23,24)17-5-4-16(25-17)18(22)20-15-10-13-2-3-14(11-15)19-13/h4-5,12-15,19H,2-3,6-11H2,1H3,(H,20,22). The first-order valence-electron chi connectivity index (χ1n) is 9.58. The molecule has 2 unspecified atom stereocenters. The summed E-state index contributed by atoms with van der Waals surface area (Å²) in [7, 11) is -3.48. The molecule has 4 rings (SSSR count). The molecule has 2 N–H and O–H groups in total. The van der Waals surface area contributed by atoms with Gasteiger partial charge in [-0.25, -0.2) is 8.42 Å². The summed E-state index contributed by atoms with van der Waals surface area (Å²) in [5.41, 5.74) is 0. The van der Waals surface area contributed by atoms with Crippen molar-refractivity contribution >= 4 is 27.3 Å². The number of amides is 1. The van der Waals surface area contributed by atoms with E-state index >= 15 is 0 Å². The van der Waals surface area contributed by atoms with Gasteiger partial charge in [-0.1, -0.05) is 6.92 Å². The van der Waals surface area contributed by atoms with E-state index in [9.17, 15) is 13.2 Å². The summed E-state index contributed by atoms with van der Waals surface area (Å²) in [4.78, 5) is 13.1. The maximum atomic E-state index is 12.8. The molecule has 0 radical (unpaired) electrons. The number of piperidine rings is 2. The van der Waals surface area contributed by atoms with Crippen molar-refractivity contribution in [3.05, 3.63) is 17.0 Å². The minimum absolute atomic E-state index is 0.144. The van der Waals surface area contributed by atoms with Crippen LogP contribution >= 0.6 is 11.3 Å². The van der Waals surface area contributed by atoms with Crippen molar-refractivity contribution in [2.24, 2.45) is 5.92 Å². The topological polar surface area (TPSA) is 78.5 Å². The molecule has 3 aliphatic rings. The fourth-order valence-corrected chi connectivity index (χ4v) is 7.20. The molecule has 4 heterocycles. The highest BCUT2D eigenvalue weighted by Gasteiger charge is 2.35. The van der Waals surface area contributed by atoms with Crippen LogP contribution in [-0.2, 0) is 10.0 Å². The van der Waals surface area contributed by atoms with Crippen LogP contribution in [0.15, 0.2) is 16.3 Å². The summed E-state index contributed by atoms with van der Waals surface area (Å²) in [6.45, 7) is 3.30. The third kappa shape index (κ3) is 3.69. The number of hydrogen-bond donors (Lipinski definition) is 2. The average Bonchev–Trinajstić information content (AvgIpc) is 3.23. The van der Waals surface area contributed by atoms with Gasteiger partial charge in [0.25, 0.3) is 15.9 Å². The van der Waals surface area contributed by atoms with Crippen LogP contribution < -0.4 is 10.6 Å². The molecule has 1 amide bonds. The van der Waals surface area contributed by atoms with E-state index in [0.717, 1.165) is 37.0 Å². The van der Waals surface area contributed by atoms with Crippen molar-refractivity contribution in [3.8, 4) is 0 Å². The Kier molecular flexibility index (Phi) is 5.11. The maximum absolute atomic E-state index is 12.8. The molecule has 1 aromatic heterocycles. The monoisotopic (exact) mass is 397 g/mol. The van der Waals surface area contributed by atoms with Gasteiger partial charge >= 0.3 is 0 Å². The minimum Gasteiger partial charge on any atom is -0.348 e. The fraction of sp³-hybridized carbons (Fsp3) is 0.722. The first kappa shape index (κ1) is 18.4. The number of thiophene rings is 1. The normalized spacial score (nSPS) is 30.4. The molecule has 144 valence electrons. The highest BCUT2D eigenvalue weighted by molar-refractivity contribution is 7.91. The zero-order valence-corrected chi connectivity index (χ0v) is 16.7. The van der Waals surface area contributed by atoms with Crippen molar-refractivity contribution in [1.82, 2.24) is 14.9 Å². The molecule has 0 saturated carbocycles. The number of hydrogen-bond acceptors (Lipinski definition) is 5. The number of carbonyl (C=O) groups excluding carboxylic acids is 1. The van der Waals surface area contributed by atoms with Crippen LogP contribution in [0, 0.1) is 5.92 Å². The van der Waals surface area contributed by atoms with Gasteiger partial charge in [-0.3, -0.25) is 4.79 Å². The summed E-state index contributed by atoms with van der Waals surface area (Å²) in [5.74, 6) is 0.432. The first-order valence-corrected chi connectivity index (χ1v) is 11.8. The summed E-state index contributed by atoms with van der Waals surface area (Å²) in [5, 5.41) is 6.67. The predicted molar refractivity (Wildman–Crippen MR) is 102 cm³/mol. The lowest BCUT2D eigenvalue weighted by Gasteiger charge is -2.29. The van der Waals surface area contributed by atoms with Crippen LogP contribution in [0.4, 0.5) is 0 Å². The third-order valence-electron chi connectivity index (χ3n) is 5.95. The molecule has 6 nitrogen and oxygen atoms in total. The maximum Gasteiger partial charge on any atom is 0.261 e. The highest BCUT2D eigenvalue weighted by atomic mass is 32.2. The molecule has 0 aliphatic carbocycles. The predicted octanol–water partition coefficient (Wildman–Crippen LogP) is 2.18. The Morgan fingerprint density at radius 1 is 1.15 bits per heavy atom. The second-order valence-electron chi connectivity index (χ2n) is 7.98. The van der Waals surface area contributed by atoms with Gasteiger partial charge in [-0.05, 0) is 56.6 Å². The molecule has 8 heteroatoms. The largest absolute Gasteiger partial charge is 0.348 e. The Bertz CT molecular complexity index is 756. The summed E-state index contributed by atoms with van der Waals surface area (Å²) >= 11 is 1.09. The molecule has 3 saturated heterocycles. The third-order valence-corrected chi connectivity index (χ3v) is 9.40. The van der Waals surface area contributed by atoms with E-state index < -0.39 is 10.0 Å². The lowest BCUT2D eigenvalue weighted by atomic mass is 10.00. The molecular weight excluding hydrogens is 370 g/mol. The van der Waals surface area contributed by atoms with E-state index in [2.05, 4.69) is 17.6 Å². The van der Waals surface area contributed by atoms with E-state index in [1.165, 1.54) is 12.8 Å². The Labute approximate surface area is 159 Å². The highest BCUT2D eigenvalue weighted by Crippen LogP contribution is 2.30. The molecule has 26 heavy (non-hydrogen) atoms. The van der Waals surface area contributed by atoms with Crippen molar-refractivity contribution in [2.45, 2.75) is 67.8 Å². The minimum atomic E-state index is -3.48. The SMILES string of the molecule is CC1CCN(S(=O)(=O)c2ccc(C(=O)NC3CC4CCC(C3)N4)s2)CC1. The molecular formula is C18H27N3O3S2. The van der Waals surface area contributed by atoms with E-state index in [1.54, 1.807) is 16.4 Å². The number of fused-ring (bicyclic) bond motifs is 2. The zero-order valence-electron chi connectivity index (χ0n) is 15.1. The van der Waals surface area contributed by atoms with Crippen molar-refractivity contribution in [1.29, 1.82) is 0 Å². The summed E-state index contributed by atoms with van der Waals surface area (Å²) in [6.07, 6.45) is 6.10. The van der Waals surface area contributed by atoms with E-state index in [4.69, 9.17) is 0 Å². The lowest BCUT2D eigenvalue weighted by Crippen LogP contribution is -2.47. The Balaban J connectivity index is 1.41. The van der Waals surface area contributed by atoms with E-state index in [0.29, 0.717) is 36.0 Å². The Morgan fingerprint density at radius 3 is 2.46 bits per heavy atom. The van der Waals surface area contributed by atoms with Gasteiger partial charge in [0.15, 0.2) is 0 Å². The van der Waals surface area contributed by atoms with Gasteiger partial charge in [0, 0.05) is 31.2 Å². The molecule has 3 fully saturated rings. The number of nitrogens with zero attached hydrogens (tertiary/aromatic N) is 1. The van der Waals surface area contributed by atoms with E-state index in [-0.39, 0.29) is 16.2 Å². The zero-order chi connectivity index (χ0) is 18.3. The Hall–Kier alpha value is -0.960. The van der Waals surface area contributed by atoms with Crippen LogP contribution in [0.1, 0.15) is 55.1 Å². The average molecular weight is 398 g/mol. The van der Waals surface area contributed by atoms with Crippen LogP contribution in [0.2, 0.25) is 0 Å². The van der Waals surface area contributed by atoms with Gasteiger partial charge in [-0.2, -0.15) is 4.31 Å². The number of rotatable bonds is 4. The summed E-state index contributed by atoms with van der Waals surface area (Å²) < 4.78 is 27.5. The van der Waals surface area contributed by atoms with Gasteiger partial charge in [0.1, 0.15) is 4.21 Å².